The molecule has 9 heterocycles. The first-order valence-electron chi connectivity index (χ1n) is 16.1. The van der Waals surface area contributed by atoms with Gasteiger partial charge in [-0.2, -0.15) is 0 Å². The van der Waals surface area contributed by atoms with Crippen molar-refractivity contribution in [3.63, 3.8) is 0 Å². The van der Waals surface area contributed by atoms with Gasteiger partial charge in [-0.3, -0.25) is 0 Å². The van der Waals surface area contributed by atoms with Gasteiger partial charge in [0.05, 0.1) is 0 Å². The van der Waals surface area contributed by atoms with Gasteiger partial charge in [-0.05, 0) is 83.1 Å². The minimum Gasteiger partial charge on any atom is -0.475 e. The maximum absolute atomic E-state index is 5.71. The van der Waals surface area contributed by atoms with Crippen LogP contribution in [0.15, 0.2) is 35.3 Å². The van der Waals surface area contributed by atoms with E-state index in [4.69, 9.17) is 28.4 Å². The Kier molecular flexibility index (Phi) is 7.41. The van der Waals surface area contributed by atoms with E-state index >= 15 is 0 Å². The minimum absolute atomic E-state index is 0. The number of ether oxygens (including phenoxy) is 6. The summed E-state index contributed by atoms with van der Waals surface area (Å²) in [6.07, 6.45) is 0. The normalized spacial score (nSPS) is 29.5. The fraction of sp³-hybridized carbons (Fsp3) is 0.727. The first-order valence-corrected chi connectivity index (χ1v) is 16.1. The Bertz CT molecular complexity index is 1110. The van der Waals surface area contributed by atoms with Crippen LogP contribution in [0.1, 0.15) is 83.1 Å². The van der Waals surface area contributed by atoms with Crippen LogP contribution in [0.2, 0.25) is 0 Å². The first-order chi connectivity index (χ1) is 20.8. The molecule has 0 atom stereocenters. The van der Waals surface area contributed by atoms with Crippen molar-refractivity contribution in [3.8, 4) is 0 Å². The molecule has 0 spiro atoms. The summed E-state index contributed by atoms with van der Waals surface area (Å²) in [5.74, 6) is 5.28. The maximum atomic E-state index is 5.71. The second-order valence-electron chi connectivity index (χ2n) is 17.0. The quantitative estimate of drug-likeness (QED) is 0.262. The second kappa shape index (κ2) is 10.2. The number of fused-ring (bicyclic) bond motifs is 6. The zero-order valence-electron chi connectivity index (χ0n) is 29.4. The zero-order valence-corrected chi connectivity index (χ0v) is 31.1. The van der Waals surface area contributed by atoms with Crippen LogP contribution in [0.5, 0.6) is 0 Å². The van der Waals surface area contributed by atoms with Crippen LogP contribution in [0.3, 0.4) is 0 Å². The molecule has 9 aliphatic rings. The van der Waals surface area contributed by atoms with E-state index in [9.17, 15) is 0 Å². The third-order valence-electron chi connectivity index (χ3n) is 9.84. The maximum Gasteiger partial charge on any atom is 3.00 e. The van der Waals surface area contributed by atoms with E-state index in [1.807, 2.05) is 0 Å². The van der Waals surface area contributed by atoms with Gasteiger partial charge in [-0.1, -0.05) is 0 Å². The van der Waals surface area contributed by atoms with Gasteiger partial charge in [0.1, 0.15) is 39.6 Å². The predicted molar refractivity (Wildman–Crippen MR) is 165 cm³/mol. The van der Waals surface area contributed by atoms with Gasteiger partial charge in [0.2, 0.25) is 35.3 Å². The molecular weight excluding hydrogens is 679 g/mol. The van der Waals surface area contributed by atoms with Gasteiger partial charge in [0, 0.05) is 33.2 Å². The van der Waals surface area contributed by atoms with Crippen LogP contribution in [-0.2, 0) is 47.9 Å². The first kappa shape index (κ1) is 33.3. The summed E-state index contributed by atoms with van der Waals surface area (Å²) < 4.78 is 34.2. The van der Waals surface area contributed by atoms with E-state index in [1.165, 1.54) is 0 Å². The molecular formula is C33H51N6O6Rh. The molecule has 0 bridgehead atoms. The summed E-state index contributed by atoms with van der Waals surface area (Å²) in [6, 6.07) is 0. The Morgan fingerprint density at radius 3 is 0.587 bits per heavy atom. The van der Waals surface area contributed by atoms with Crippen molar-refractivity contribution in [2.24, 2.45) is 0 Å². The molecule has 0 N–H and O–H groups in total. The molecule has 0 radical (unpaired) electrons. The molecule has 13 heteroatoms. The van der Waals surface area contributed by atoms with Crippen molar-refractivity contribution in [1.82, 2.24) is 29.4 Å². The fourth-order valence-electron chi connectivity index (χ4n) is 6.54. The number of hydrogen-bond donors (Lipinski definition) is 0. The summed E-state index contributed by atoms with van der Waals surface area (Å²) in [6.45, 7) is 36.8. The average Bonchev–Trinajstić information content (AvgIpc) is 3.77. The standard InChI is InChI=1S/3C11H17N2O2.Rh/c3*1-10(2)5-14-8-9-13(7-12(8)10)11(3,4)6-15-9;/h3*7H,5-6H2,1-4H3;/q3*-1;+3. The van der Waals surface area contributed by atoms with Crippen LogP contribution >= 0.6 is 0 Å². The summed E-state index contributed by atoms with van der Waals surface area (Å²) in [4.78, 5) is 13.0. The Hall–Kier alpha value is -2.56. The number of hydrogen-bond acceptors (Lipinski definition) is 12. The fourth-order valence-corrected chi connectivity index (χ4v) is 6.54. The van der Waals surface area contributed by atoms with Crippen molar-refractivity contribution >= 4 is 0 Å². The van der Waals surface area contributed by atoms with E-state index in [2.05, 4.69) is 132 Å². The molecule has 0 unspecified atom stereocenters. The summed E-state index contributed by atoms with van der Waals surface area (Å²) >= 11 is 0. The monoisotopic (exact) mass is 730 g/mol. The van der Waals surface area contributed by atoms with Crippen LogP contribution in [0.25, 0.3) is 0 Å². The van der Waals surface area contributed by atoms with Gasteiger partial charge in [0.25, 0.3) is 0 Å². The van der Waals surface area contributed by atoms with Gasteiger partial charge in [-0.25, -0.2) is 0 Å². The minimum atomic E-state index is 0. The smallest absolute Gasteiger partial charge is 0.475 e. The third-order valence-corrected chi connectivity index (χ3v) is 9.84. The van der Waals surface area contributed by atoms with Crippen molar-refractivity contribution in [2.45, 2.75) is 116 Å². The predicted octanol–water partition coefficient (Wildman–Crippen LogP) is 4.40. The molecule has 0 aromatic heterocycles. The Labute approximate surface area is 287 Å². The molecule has 0 aliphatic carbocycles. The van der Waals surface area contributed by atoms with Crippen LogP contribution in [0.4, 0.5) is 0 Å². The Morgan fingerprint density at radius 2 is 0.457 bits per heavy atom. The Morgan fingerprint density at radius 1 is 0.326 bits per heavy atom. The third kappa shape index (κ3) is 4.91. The van der Waals surface area contributed by atoms with Crippen molar-refractivity contribution in [1.29, 1.82) is 0 Å². The van der Waals surface area contributed by atoms with Crippen molar-refractivity contribution in [2.75, 3.05) is 39.6 Å². The van der Waals surface area contributed by atoms with Gasteiger partial charge in [0.15, 0.2) is 0 Å². The summed E-state index contributed by atoms with van der Waals surface area (Å²) in [5.41, 5.74) is 0.203. The molecule has 6 saturated heterocycles. The molecule has 9 rings (SSSR count). The molecule has 6 fully saturated rings. The zero-order chi connectivity index (χ0) is 32.5. The van der Waals surface area contributed by atoms with E-state index in [0.29, 0.717) is 0 Å². The van der Waals surface area contributed by atoms with Gasteiger partial charge < -0.3 is 57.8 Å². The summed E-state index contributed by atoms with van der Waals surface area (Å²) in [7, 11) is 0. The molecule has 258 valence electrons. The number of nitrogens with zero attached hydrogens (tertiary/aromatic N) is 6. The van der Waals surface area contributed by atoms with Crippen molar-refractivity contribution in [3.05, 3.63) is 55.3 Å². The van der Waals surface area contributed by atoms with Crippen LogP contribution in [0, 0.1) is 20.0 Å². The second-order valence-corrected chi connectivity index (χ2v) is 17.0. The molecule has 46 heavy (non-hydrogen) atoms. The van der Waals surface area contributed by atoms with Gasteiger partial charge in [-0.15, -0.1) is 20.0 Å². The van der Waals surface area contributed by atoms with Crippen LogP contribution < -0.4 is 0 Å². The molecule has 12 nitrogen and oxygen atoms in total. The largest absolute Gasteiger partial charge is 3.00 e. The van der Waals surface area contributed by atoms with E-state index in [-0.39, 0.29) is 52.7 Å². The average molecular weight is 731 g/mol. The van der Waals surface area contributed by atoms with Gasteiger partial charge >= 0.3 is 19.5 Å². The number of rotatable bonds is 0. The SMILES string of the molecule is CC1(C)COC2=C3OCC(C)(C)N3[CH-]N21.CC1(C)COC2=C3OCC(C)(C)N3[CH-]N21.CC1(C)COC2=C3OCC(C)(C)N3[CH-]N21.[Rh+3]. The molecule has 0 aromatic carbocycles. The van der Waals surface area contributed by atoms with E-state index in [0.717, 1.165) is 74.9 Å². The van der Waals surface area contributed by atoms with E-state index in [1.54, 1.807) is 0 Å². The van der Waals surface area contributed by atoms with E-state index < -0.39 is 0 Å². The molecule has 0 saturated carbocycles. The molecule has 0 amide bonds. The van der Waals surface area contributed by atoms with Crippen LogP contribution in [-0.4, -0.2) is 102 Å². The molecule has 0 aromatic rings. The summed E-state index contributed by atoms with van der Waals surface area (Å²) in [5, 5.41) is 0. The Balaban J connectivity index is 0.000000120. The van der Waals surface area contributed by atoms with Crippen molar-refractivity contribution < 1.29 is 47.9 Å². The topological polar surface area (TPSA) is 74.8 Å². The molecule has 9 aliphatic heterocycles.